The van der Waals surface area contributed by atoms with Crippen molar-refractivity contribution in [2.75, 3.05) is 12.0 Å². The van der Waals surface area contributed by atoms with Crippen molar-refractivity contribution in [2.24, 2.45) is 11.0 Å². The molecule has 3 rings (SSSR count). The molecule has 0 radical (unpaired) electrons. The van der Waals surface area contributed by atoms with E-state index < -0.39 is 6.16 Å². The van der Waals surface area contributed by atoms with Crippen molar-refractivity contribution in [1.29, 1.82) is 0 Å². The molecule has 1 aromatic carbocycles. The van der Waals surface area contributed by atoms with Gasteiger partial charge in [-0.2, -0.15) is 5.10 Å². The molecule has 0 fully saturated rings. The molecule has 0 heterocycles. The van der Waals surface area contributed by atoms with E-state index in [0.29, 0.717) is 17.1 Å². The van der Waals surface area contributed by atoms with E-state index in [1.807, 2.05) is 18.2 Å². The summed E-state index contributed by atoms with van der Waals surface area (Å²) in [6, 6.07) is 6.66. The van der Waals surface area contributed by atoms with Crippen LogP contribution in [0.25, 0.3) is 0 Å². The second kappa shape index (κ2) is 8.11. The van der Waals surface area contributed by atoms with Gasteiger partial charge in [0.15, 0.2) is 0 Å². The summed E-state index contributed by atoms with van der Waals surface area (Å²) in [6.07, 6.45) is 10.8. The number of nitrogens with one attached hydrogen (secondary N) is 1. The SMILES string of the molecule is C=CCOC(=O)Oc1cccc(N/N=C2/C(=O)C=CC3CC=CC=C23)c1. The number of carbonyl (C=O) groups is 2. The summed E-state index contributed by atoms with van der Waals surface area (Å²) in [4.78, 5) is 23.6. The Labute approximate surface area is 151 Å². The van der Waals surface area contributed by atoms with Gasteiger partial charge >= 0.3 is 6.16 Å². The number of fused-ring (bicyclic) bond motifs is 1. The molecule has 26 heavy (non-hydrogen) atoms. The van der Waals surface area contributed by atoms with Crippen LogP contribution in [-0.4, -0.2) is 24.3 Å². The molecule has 6 nitrogen and oxygen atoms in total. The zero-order chi connectivity index (χ0) is 18.4. The number of benzene rings is 1. The van der Waals surface area contributed by atoms with E-state index in [9.17, 15) is 9.59 Å². The van der Waals surface area contributed by atoms with Crippen LogP contribution in [0.1, 0.15) is 6.42 Å². The first-order chi connectivity index (χ1) is 12.7. The molecule has 0 bridgehead atoms. The van der Waals surface area contributed by atoms with Crippen molar-refractivity contribution in [3.8, 4) is 5.75 Å². The molecule has 0 spiro atoms. The lowest BCUT2D eigenvalue weighted by Crippen LogP contribution is -2.25. The van der Waals surface area contributed by atoms with Crippen LogP contribution >= 0.6 is 0 Å². The second-order valence-corrected chi connectivity index (χ2v) is 5.67. The van der Waals surface area contributed by atoms with Crippen LogP contribution in [0.5, 0.6) is 5.75 Å². The number of nitrogens with zero attached hydrogens (tertiary/aromatic N) is 1. The maximum Gasteiger partial charge on any atom is 0.514 e. The van der Waals surface area contributed by atoms with E-state index in [1.54, 1.807) is 30.3 Å². The van der Waals surface area contributed by atoms with Crippen molar-refractivity contribution in [1.82, 2.24) is 0 Å². The molecule has 1 aromatic rings. The minimum Gasteiger partial charge on any atom is -0.430 e. The monoisotopic (exact) mass is 350 g/mol. The number of allylic oxidation sites excluding steroid dienone is 6. The van der Waals surface area contributed by atoms with Gasteiger partial charge in [-0.05, 0) is 30.2 Å². The number of hydrazone groups is 1. The molecule has 2 aliphatic carbocycles. The molecule has 1 N–H and O–H groups in total. The van der Waals surface area contributed by atoms with Gasteiger partial charge in [-0.1, -0.05) is 43.0 Å². The fourth-order valence-electron chi connectivity index (χ4n) is 2.63. The third kappa shape index (κ3) is 4.16. The summed E-state index contributed by atoms with van der Waals surface area (Å²) >= 11 is 0. The first-order valence-corrected chi connectivity index (χ1v) is 8.16. The van der Waals surface area contributed by atoms with Gasteiger partial charge < -0.3 is 9.47 Å². The molecular formula is C20H18N2O4. The Hall–Kier alpha value is -3.41. The van der Waals surface area contributed by atoms with Crippen molar-refractivity contribution in [3.63, 3.8) is 0 Å². The van der Waals surface area contributed by atoms with Crippen LogP contribution in [0.15, 0.2) is 78.0 Å². The standard InChI is InChI=1S/C20H18N2O4/c1-2-12-25-20(24)26-16-8-5-7-15(13-16)21-22-19-17-9-4-3-6-14(17)10-11-18(19)23/h2-5,7-11,13-14,21H,1,6,12H2/b22-19+. The van der Waals surface area contributed by atoms with Crippen molar-refractivity contribution >= 4 is 23.3 Å². The van der Waals surface area contributed by atoms with Crippen LogP contribution < -0.4 is 10.2 Å². The maximum atomic E-state index is 12.2. The average Bonchev–Trinajstić information content (AvgIpc) is 2.66. The van der Waals surface area contributed by atoms with E-state index >= 15 is 0 Å². The average molecular weight is 350 g/mol. The van der Waals surface area contributed by atoms with Gasteiger partial charge in [0.2, 0.25) is 5.78 Å². The minimum atomic E-state index is -0.817. The fourth-order valence-corrected chi connectivity index (χ4v) is 2.63. The highest BCUT2D eigenvalue weighted by Gasteiger charge is 2.26. The van der Waals surface area contributed by atoms with E-state index in [1.165, 1.54) is 6.08 Å². The summed E-state index contributed by atoms with van der Waals surface area (Å²) in [6.45, 7) is 3.53. The van der Waals surface area contributed by atoms with Gasteiger partial charge in [-0.3, -0.25) is 10.2 Å². The molecule has 0 saturated carbocycles. The number of hydrogen-bond donors (Lipinski definition) is 1. The first kappa shape index (κ1) is 17.4. The number of carbonyl (C=O) groups excluding carboxylic acids is 2. The lowest BCUT2D eigenvalue weighted by molar-refractivity contribution is -0.109. The van der Waals surface area contributed by atoms with Gasteiger partial charge in [0.1, 0.15) is 18.1 Å². The lowest BCUT2D eigenvalue weighted by Gasteiger charge is -2.22. The molecular weight excluding hydrogens is 332 g/mol. The molecule has 2 aliphatic rings. The highest BCUT2D eigenvalue weighted by molar-refractivity contribution is 6.50. The van der Waals surface area contributed by atoms with Crippen molar-refractivity contribution < 1.29 is 19.1 Å². The largest absolute Gasteiger partial charge is 0.514 e. The third-order valence-corrected chi connectivity index (χ3v) is 3.84. The Bertz CT molecular complexity index is 849. The fraction of sp³-hybridized carbons (Fsp3) is 0.150. The normalized spacial score (nSPS) is 19.5. The van der Waals surface area contributed by atoms with Crippen LogP contribution in [0, 0.1) is 5.92 Å². The van der Waals surface area contributed by atoms with Gasteiger partial charge in [0.05, 0.1) is 5.69 Å². The van der Waals surface area contributed by atoms with Crippen LogP contribution in [0.2, 0.25) is 0 Å². The van der Waals surface area contributed by atoms with Crippen molar-refractivity contribution in [3.05, 3.63) is 72.9 Å². The predicted molar refractivity (Wildman–Crippen MR) is 99.1 cm³/mol. The number of ether oxygens (including phenoxy) is 2. The molecule has 6 heteroatoms. The Morgan fingerprint density at radius 1 is 1.42 bits per heavy atom. The third-order valence-electron chi connectivity index (χ3n) is 3.84. The molecule has 1 atom stereocenters. The number of rotatable bonds is 5. The van der Waals surface area contributed by atoms with E-state index in [0.717, 1.165) is 12.0 Å². The number of ketones is 1. The summed E-state index contributed by atoms with van der Waals surface area (Å²) in [5.74, 6) is 0.333. The predicted octanol–water partition coefficient (Wildman–Crippen LogP) is 3.80. The Kier molecular flexibility index (Phi) is 5.43. The topological polar surface area (TPSA) is 77.0 Å². The second-order valence-electron chi connectivity index (χ2n) is 5.67. The molecule has 1 unspecified atom stereocenters. The zero-order valence-electron chi connectivity index (χ0n) is 14.1. The molecule has 0 amide bonds. The van der Waals surface area contributed by atoms with E-state index in [-0.39, 0.29) is 18.3 Å². The summed E-state index contributed by atoms with van der Waals surface area (Å²) in [5, 5.41) is 4.27. The first-order valence-electron chi connectivity index (χ1n) is 8.16. The van der Waals surface area contributed by atoms with Crippen molar-refractivity contribution in [2.45, 2.75) is 6.42 Å². The molecule has 0 aromatic heterocycles. The van der Waals surface area contributed by atoms with Crippen LogP contribution in [-0.2, 0) is 9.53 Å². The number of hydrogen-bond acceptors (Lipinski definition) is 6. The molecule has 132 valence electrons. The summed E-state index contributed by atoms with van der Waals surface area (Å²) in [7, 11) is 0. The maximum absolute atomic E-state index is 12.2. The highest BCUT2D eigenvalue weighted by atomic mass is 16.7. The lowest BCUT2D eigenvalue weighted by atomic mass is 9.83. The van der Waals surface area contributed by atoms with E-state index in [4.69, 9.17) is 9.47 Å². The minimum absolute atomic E-state index is 0.0742. The van der Waals surface area contributed by atoms with Gasteiger partial charge in [0, 0.05) is 12.0 Å². The summed E-state index contributed by atoms with van der Waals surface area (Å²) in [5.41, 5.74) is 4.72. The number of anilines is 1. The Balaban J connectivity index is 1.72. The van der Waals surface area contributed by atoms with Gasteiger partial charge in [0.25, 0.3) is 0 Å². The van der Waals surface area contributed by atoms with Crippen LogP contribution in [0.3, 0.4) is 0 Å². The van der Waals surface area contributed by atoms with Gasteiger partial charge in [-0.25, -0.2) is 4.79 Å². The van der Waals surface area contributed by atoms with E-state index in [2.05, 4.69) is 23.2 Å². The van der Waals surface area contributed by atoms with Crippen LogP contribution in [0.4, 0.5) is 10.5 Å². The quantitative estimate of drug-likeness (QED) is 0.378. The Morgan fingerprint density at radius 2 is 2.31 bits per heavy atom. The smallest absolute Gasteiger partial charge is 0.430 e. The Morgan fingerprint density at radius 3 is 3.15 bits per heavy atom. The van der Waals surface area contributed by atoms with Gasteiger partial charge in [-0.15, -0.1) is 0 Å². The zero-order valence-corrected chi connectivity index (χ0v) is 14.1. The molecule has 0 saturated heterocycles. The highest BCUT2D eigenvalue weighted by Crippen LogP contribution is 2.27. The molecule has 0 aliphatic heterocycles. The summed E-state index contributed by atoms with van der Waals surface area (Å²) < 4.78 is 9.83.